The number of hydrogen-bond acceptors (Lipinski definition) is 7. The maximum absolute atomic E-state index is 15.1. The van der Waals surface area contributed by atoms with Crippen LogP contribution in [0.4, 0.5) is 23.4 Å². The average molecular weight is 526 g/mol. The molecule has 200 valence electrons. The molecule has 0 spiro atoms. The molecule has 2 aromatic rings. The van der Waals surface area contributed by atoms with Crippen LogP contribution in [-0.2, 0) is 16.0 Å². The smallest absolute Gasteiger partial charge is 0.470 e. The van der Waals surface area contributed by atoms with Gasteiger partial charge in [0.05, 0.1) is 26.2 Å². The second-order valence-corrected chi connectivity index (χ2v) is 8.66. The third-order valence-corrected chi connectivity index (χ3v) is 6.06. The number of nitrogens with zero attached hydrogens (tertiary/aromatic N) is 3. The standard InChI is InChI=1S/C24H26F4N4O5/c25-18-14-32(21(33)13-15-1-3-16(4-2-15)37-24(26,27)28)8-7-19(18)36-23-17(22(29)34)5-6-20(30-23)31-9-11-35-12-10-31/h1-6,18-19H,7-14H2,(H2,29,34)/t18-,19-/m1/s1. The molecule has 0 aliphatic carbocycles. The predicted octanol–water partition coefficient (Wildman–Crippen LogP) is 2.48. The Bertz CT molecular complexity index is 1110. The van der Waals surface area contributed by atoms with Crippen molar-refractivity contribution in [3.8, 4) is 11.6 Å². The van der Waals surface area contributed by atoms with E-state index in [4.69, 9.17) is 15.2 Å². The molecule has 2 aliphatic rings. The summed E-state index contributed by atoms with van der Waals surface area (Å²) in [7, 11) is 0. The van der Waals surface area contributed by atoms with Crippen molar-refractivity contribution >= 4 is 17.6 Å². The van der Waals surface area contributed by atoms with Crippen LogP contribution in [0.5, 0.6) is 11.6 Å². The van der Waals surface area contributed by atoms with Crippen molar-refractivity contribution in [1.29, 1.82) is 0 Å². The summed E-state index contributed by atoms with van der Waals surface area (Å²) in [5.74, 6) is -1.04. The highest BCUT2D eigenvalue weighted by atomic mass is 19.4. The number of amides is 2. The Morgan fingerprint density at radius 2 is 1.78 bits per heavy atom. The topological polar surface area (TPSA) is 107 Å². The molecule has 1 aromatic carbocycles. The fraction of sp³-hybridized carbons (Fsp3) is 0.458. The van der Waals surface area contributed by atoms with Crippen LogP contribution in [0, 0.1) is 0 Å². The monoisotopic (exact) mass is 526 g/mol. The van der Waals surface area contributed by atoms with Gasteiger partial charge in [-0.05, 0) is 29.8 Å². The van der Waals surface area contributed by atoms with Crippen LogP contribution in [-0.4, -0.2) is 79.7 Å². The molecule has 2 amide bonds. The van der Waals surface area contributed by atoms with Gasteiger partial charge in [-0.2, -0.15) is 4.98 Å². The summed E-state index contributed by atoms with van der Waals surface area (Å²) in [5.41, 5.74) is 5.94. The molecule has 13 heteroatoms. The van der Waals surface area contributed by atoms with Gasteiger partial charge in [0, 0.05) is 26.1 Å². The van der Waals surface area contributed by atoms with Crippen LogP contribution >= 0.6 is 0 Å². The SMILES string of the molecule is NC(=O)c1ccc(N2CCOCC2)nc1O[C@@H]1CCN(C(=O)Cc2ccc(OC(F)(F)F)cc2)C[C@H]1F. The van der Waals surface area contributed by atoms with Gasteiger partial charge in [-0.3, -0.25) is 9.59 Å². The van der Waals surface area contributed by atoms with Gasteiger partial charge in [-0.1, -0.05) is 12.1 Å². The first-order chi connectivity index (χ1) is 17.6. The van der Waals surface area contributed by atoms with Gasteiger partial charge in [0.15, 0.2) is 6.17 Å². The molecular formula is C24H26F4N4O5. The van der Waals surface area contributed by atoms with Crippen LogP contribution in [0.15, 0.2) is 36.4 Å². The number of ether oxygens (including phenoxy) is 3. The number of halogens is 4. The number of carbonyl (C=O) groups is 2. The summed E-state index contributed by atoms with van der Waals surface area (Å²) in [4.78, 5) is 32.3. The van der Waals surface area contributed by atoms with E-state index in [0.29, 0.717) is 37.7 Å². The number of rotatable bonds is 7. The summed E-state index contributed by atoms with van der Waals surface area (Å²) in [6.45, 7) is 2.21. The Morgan fingerprint density at radius 1 is 1.08 bits per heavy atom. The molecule has 2 saturated heterocycles. The largest absolute Gasteiger partial charge is 0.573 e. The van der Waals surface area contributed by atoms with Crippen molar-refractivity contribution < 1.29 is 41.4 Å². The van der Waals surface area contributed by atoms with Crippen molar-refractivity contribution in [2.45, 2.75) is 31.5 Å². The molecule has 4 rings (SSSR count). The Balaban J connectivity index is 1.36. The van der Waals surface area contributed by atoms with E-state index in [-0.39, 0.29) is 43.3 Å². The molecular weight excluding hydrogens is 500 g/mol. The van der Waals surface area contributed by atoms with Crippen molar-refractivity contribution in [2.24, 2.45) is 5.73 Å². The molecule has 0 radical (unpaired) electrons. The number of primary amides is 1. The maximum atomic E-state index is 15.1. The van der Waals surface area contributed by atoms with Crippen LogP contribution in [0.25, 0.3) is 0 Å². The fourth-order valence-electron chi connectivity index (χ4n) is 4.16. The number of morpholine rings is 1. The first kappa shape index (κ1) is 26.5. The number of likely N-dealkylation sites (tertiary alicyclic amines) is 1. The lowest BCUT2D eigenvalue weighted by Gasteiger charge is -2.35. The molecule has 0 saturated carbocycles. The molecule has 2 fully saturated rings. The number of pyridine rings is 1. The third-order valence-electron chi connectivity index (χ3n) is 6.06. The van der Waals surface area contributed by atoms with E-state index in [9.17, 15) is 22.8 Å². The number of carbonyl (C=O) groups excluding carboxylic acids is 2. The molecule has 2 atom stereocenters. The second kappa shape index (κ2) is 11.2. The average Bonchev–Trinajstić information content (AvgIpc) is 2.86. The van der Waals surface area contributed by atoms with Gasteiger partial charge in [-0.15, -0.1) is 13.2 Å². The first-order valence-electron chi connectivity index (χ1n) is 11.7. The lowest BCUT2D eigenvalue weighted by atomic mass is 10.0. The fourth-order valence-corrected chi connectivity index (χ4v) is 4.16. The Labute approximate surface area is 210 Å². The predicted molar refractivity (Wildman–Crippen MR) is 123 cm³/mol. The zero-order chi connectivity index (χ0) is 26.6. The molecule has 9 nitrogen and oxygen atoms in total. The molecule has 0 unspecified atom stereocenters. The molecule has 37 heavy (non-hydrogen) atoms. The number of aromatic nitrogens is 1. The zero-order valence-corrected chi connectivity index (χ0v) is 19.7. The number of nitrogens with two attached hydrogens (primary N) is 1. The molecule has 0 bridgehead atoms. The number of piperidine rings is 1. The molecule has 2 N–H and O–H groups in total. The maximum Gasteiger partial charge on any atom is 0.573 e. The van der Waals surface area contributed by atoms with Crippen molar-refractivity contribution in [1.82, 2.24) is 9.88 Å². The van der Waals surface area contributed by atoms with Crippen molar-refractivity contribution in [2.75, 3.05) is 44.3 Å². The summed E-state index contributed by atoms with van der Waals surface area (Å²) in [5, 5.41) is 0. The van der Waals surface area contributed by atoms with E-state index in [1.807, 2.05) is 4.90 Å². The van der Waals surface area contributed by atoms with Gasteiger partial charge in [0.1, 0.15) is 23.2 Å². The van der Waals surface area contributed by atoms with Gasteiger partial charge in [0.2, 0.25) is 11.8 Å². The highest BCUT2D eigenvalue weighted by Crippen LogP contribution is 2.27. The van der Waals surface area contributed by atoms with Crippen LogP contribution in [0.3, 0.4) is 0 Å². The van der Waals surface area contributed by atoms with Crippen molar-refractivity contribution in [3.63, 3.8) is 0 Å². The van der Waals surface area contributed by atoms with Gasteiger partial charge >= 0.3 is 6.36 Å². The quantitative estimate of drug-likeness (QED) is 0.553. The van der Waals surface area contributed by atoms with Crippen LogP contribution < -0.4 is 20.1 Å². The van der Waals surface area contributed by atoms with E-state index in [1.54, 1.807) is 6.07 Å². The van der Waals surface area contributed by atoms with Gasteiger partial charge in [0.25, 0.3) is 5.91 Å². The summed E-state index contributed by atoms with van der Waals surface area (Å²) >= 11 is 0. The van der Waals surface area contributed by atoms with Crippen LogP contribution in [0.1, 0.15) is 22.3 Å². The lowest BCUT2D eigenvalue weighted by molar-refractivity contribution is -0.274. The number of anilines is 1. The minimum Gasteiger partial charge on any atom is -0.470 e. The minimum absolute atomic E-state index is 0.0284. The second-order valence-electron chi connectivity index (χ2n) is 8.66. The first-order valence-corrected chi connectivity index (χ1v) is 11.7. The summed E-state index contributed by atoms with van der Waals surface area (Å²) in [6, 6.07) is 8.06. The van der Waals surface area contributed by atoms with E-state index in [1.165, 1.54) is 23.1 Å². The van der Waals surface area contributed by atoms with Crippen molar-refractivity contribution in [3.05, 3.63) is 47.5 Å². The van der Waals surface area contributed by atoms with Gasteiger partial charge < -0.3 is 29.7 Å². The highest BCUT2D eigenvalue weighted by Gasteiger charge is 2.34. The summed E-state index contributed by atoms with van der Waals surface area (Å²) in [6.07, 6.45) is -7.28. The normalized spacial score (nSPS) is 20.4. The number of alkyl halides is 4. The number of benzene rings is 1. The molecule has 2 aliphatic heterocycles. The summed E-state index contributed by atoms with van der Waals surface area (Å²) < 4.78 is 66.9. The highest BCUT2D eigenvalue weighted by molar-refractivity contribution is 5.95. The van der Waals surface area contributed by atoms with Gasteiger partial charge in [-0.25, -0.2) is 4.39 Å². The molecule has 1 aromatic heterocycles. The van der Waals surface area contributed by atoms with E-state index < -0.39 is 30.3 Å². The minimum atomic E-state index is -4.81. The number of hydrogen-bond donors (Lipinski definition) is 1. The van der Waals surface area contributed by atoms with E-state index >= 15 is 4.39 Å². The Morgan fingerprint density at radius 3 is 2.41 bits per heavy atom. The zero-order valence-electron chi connectivity index (χ0n) is 19.7. The lowest BCUT2D eigenvalue weighted by Crippen LogP contribution is -2.49. The Kier molecular flexibility index (Phi) is 8.00. The Hall–Kier alpha value is -3.61. The van der Waals surface area contributed by atoms with E-state index in [0.717, 1.165) is 12.1 Å². The van der Waals surface area contributed by atoms with E-state index in [2.05, 4.69) is 9.72 Å². The third kappa shape index (κ3) is 7.00. The van der Waals surface area contributed by atoms with Crippen LogP contribution in [0.2, 0.25) is 0 Å². The molecule has 3 heterocycles.